The number of nitrogens with two attached hydrogens (primary N) is 1. The van der Waals surface area contributed by atoms with E-state index in [-0.39, 0.29) is 24.2 Å². The number of hydrogen-bond donors (Lipinski definition) is 2. The average molecular weight is 284 g/mol. The molecule has 116 valence electrons. The van der Waals surface area contributed by atoms with Gasteiger partial charge in [-0.25, -0.2) is 0 Å². The Labute approximate surface area is 121 Å². The summed E-state index contributed by atoms with van der Waals surface area (Å²) in [6.07, 6.45) is 7.93. The second-order valence-corrected chi connectivity index (χ2v) is 6.27. The number of amides is 1. The number of ether oxygens (including phenoxy) is 1. The molecule has 2 fully saturated rings. The van der Waals surface area contributed by atoms with E-state index in [2.05, 4.69) is 0 Å². The topological polar surface area (TPSA) is 75.8 Å². The molecule has 0 atom stereocenters. The van der Waals surface area contributed by atoms with E-state index < -0.39 is 0 Å². The molecule has 1 heterocycles. The predicted molar refractivity (Wildman–Crippen MR) is 77.3 cm³/mol. The van der Waals surface area contributed by atoms with Gasteiger partial charge >= 0.3 is 0 Å². The molecule has 5 heteroatoms. The number of carbonyl (C=O) groups excluding carboxylic acids is 1. The summed E-state index contributed by atoms with van der Waals surface area (Å²) in [6.45, 7) is 1.97. The molecule has 2 rings (SSSR count). The van der Waals surface area contributed by atoms with Crippen molar-refractivity contribution < 1.29 is 14.6 Å². The van der Waals surface area contributed by atoms with Crippen molar-refractivity contribution in [3.63, 3.8) is 0 Å². The molecular weight excluding hydrogens is 256 g/mol. The fourth-order valence-corrected chi connectivity index (χ4v) is 3.34. The van der Waals surface area contributed by atoms with E-state index in [0.29, 0.717) is 13.0 Å². The zero-order valence-corrected chi connectivity index (χ0v) is 12.4. The third kappa shape index (κ3) is 4.43. The van der Waals surface area contributed by atoms with Gasteiger partial charge in [-0.1, -0.05) is 19.3 Å². The third-order valence-electron chi connectivity index (χ3n) is 4.59. The number of aliphatic hydroxyl groups excluding tert-OH is 1. The summed E-state index contributed by atoms with van der Waals surface area (Å²) in [4.78, 5) is 14.3. The molecule has 5 nitrogen and oxygen atoms in total. The number of likely N-dealkylation sites (tertiary alicyclic amines) is 1. The van der Waals surface area contributed by atoms with Crippen LogP contribution >= 0.6 is 0 Å². The first kappa shape index (κ1) is 15.7. The zero-order chi connectivity index (χ0) is 14.4. The molecule has 0 unspecified atom stereocenters. The van der Waals surface area contributed by atoms with Crippen molar-refractivity contribution >= 4 is 5.91 Å². The van der Waals surface area contributed by atoms with Crippen molar-refractivity contribution in [1.29, 1.82) is 0 Å². The minimum Gasteiger partial charge on any atom is -0.394 e. The van der Waals surface area contributed by atoms with Crippen LogP contribution in [-0.4, -0.2) is 53.9 Å². The summed E-state index contributed by atoms with van der Waals surface area (Å²) in [5.41, 5.74) is 6.10. The van der Waals surface area contributed by atoms with E-state index >= 15 is 0 Å². The van der Waals surface area contributed by atoms with Crippen LogP contribution in [0.5, 0.6) is 0 Å². The second-order valence-electron chi connectivity index (χ2n) is 6.27. The Bertz CT molecular complexity index is 308. The maximum absolute atomic E-state index is 12.4. The van der Waals surface area contributed by atoms with Crippen molar-refractivity contribution in [2.45, 2.75) is 63.0 Å². The summed E-state index contributed by atoms with van der Waals surface area (Å²) in [7, 11) is 0. The SMILES string of the molecule is NC1(CC(=O)N2CCC(OCCO)CC2)CCCCC1. The molecule has 1 saturated heterocycles. The van der Waals surface area contributed by atoms with E-state index in [0.717, 1.165) is 51.6 Å². The standard InChI is InChI=1S/C15H28N2O3/c16-15(6-2-1-3-7-15)12-14(19)17-8-4-13(5-9-17)20-11-10-18/h13,18H,1-12,16H2. The van der Waals surface area contributed by atoms with Gasteiger partial charge in [0.1, 0.15) is 0 Å². The smallest absolute Gasteiger partial charge is 0.224 e. The van der Waals surface area contributed by atoms with Gasteiger partial charge in [0.15, 0.2) is 0 Å². The maximum atomic E-state index is 12.4. The second kappa shape index (κ2) is 7.38. The number of nitrogens with zero attached hydrogens (tertiary/aromatic N) is 1. The number of piperidine rings is 1. The van der Waals surface area contributed by atoms with Crippen LogP contribution in [0.1, 0.15) is 51.4 Å². The summed E-state index contributed by atoms with van der Waals surface area (Å²) in [5.74, 6) is 0.204. The Morgan fingerprint density at radius 3 is 2.50 bits per heavy atom. The molecule has 3 N–H and O–H groups in total. The number of hydrogen-bond acceptors (Lipinski definition) is 4. The van der Waals surface area contributed by atoms with Crippen molar-refractivity contribution in [2.75, 3.05) is 26.3 Å². The van der Waals surface area contributed by atoms with Crippen LogP contribution in [0.4, 0.5) is 0 Å². The monoisotopic (exact) mass is 284 g/mol. The summed E-state index contributed by atoms with van der Waals surface area (Å²) in [5, 5.41) is 8.74. The van der Waals surface area contributed by atoms with Gasteiger partial charge in [0, 0.05) is 25.0 Å². The maximum Gasteiger partial charge on any atom is 0.224 e. The normalized spacial score (nSPS) is 23.8. The molecule has 20 heavy (non-hydrogen) atoms. The first-order valence-corrected chi connectivity index (χ1v) is 7.92. The van der Waals surface area contributed by atoms with Gasteiger partial charge in [-0.05, 0) is 25.7 Å². The van der Waals surface area contributed by atoms with Gasteiger partial charge in [0.25, 0.3) is 0 Å². The van der Waals surface area contributed by atoms with E-state index in [9.17, 15) is 4.79 Å². The van der Waals surface area contributed by atoms with Crippen LogP contribution in [-0.2, 0) is 9.53 Å². The highest BCUT2D eigenvalue weighted by Gasteiger charge is 2.33. The summed E-state index contributed by atoms with van der Waals surface area (Å²) >= 11 is 0. The van der Waals surface area contributed by atoms with Crippen molar-refractivity contribution in [3.05, 3.63) is 0 Å². The highest BCUT2D eigenvalue weighted by Crippen LogP contribution is 2.29. The average Bonchev–Trinajstić information content (AvgIpc) is 2.46. The molecule has 0 spiro atoms. The predicted octanol–water partition coefficient (Wildman–Crippen LogP) is 1.04. The lowest BCUT2D eigenvalue weighted by atomic mass is 9.80. The van der Waals surface area contributed by atoms with Crippen LogP contribution in [0.3, 0.4) is 0 Å². The Balaban J connectivity index is 1.74. The van der Waals surface area contributed by atoms with Gasteiger partial charge in [-0.15, -0.1) is 0 Å². The quantitative estimate of drug-likeness (QED) is 0.791. The van der Waals surface area contributed by atoms with E-state index in [1.54, 1.807) is 0 Å². The minimum atomic E-state index is -0.264. The number of carbonyl (C=O) groups is 1. The van der Waals surface area contributed by atoms with E-state index in [1.165, 1.54) is 6.42 Å². The Morgan fingerprint density at radius 2 is 1.90 bits per heavy atom. The van der Waals surface area contributed by atoms with Crippen LogP contribution < -0.4 is 5.73 Å². The first-order valence-electron chi connectivity index (χ1n) is 7.92. The van der Waals surface area contributed by atoms with Crippen LogP contribution in [0.15, 0.2) is 0 Å². The molecule has 1 saturated carbocycles. The van der Waals surface area contributed by atoms with E-state index in [4.69, 9.17) is 15.6 Å². The van der Waals surface area contributed by atoms with Gasteiger partial charge in [0.05, 0.1) is 19.3 Å². The number of rotatable bonds is 5. The van der Waals surface area contributed by atoms with Crippen molar-refractivity contribution in [3.8, 4) is 0 Å². The molecule has 2 aliphatic rings. The van der Waals surface area contributed by atoms with Crippen LogP contribution in [0.25, 0.3) is 0 Å². The van der Waals surface area contributed by atoms with Gasteiger partial charge < -0.3 is 20.5 Å². The molecule has 0 bridgehead atoms. The van der Waals surface area contributed by atoms with Crippen molar-refractivity contribution in [1.82, 2.24) is 4.90 Å². The highest BCUT2D eigenvalue weighted by molar-refractivity contribution is 5.77. The summed E-state index contributed by atoms with van der Waals surface area (Å²) in [6, 6.07) is 0. The Morgan fingerprint density at radius 1 is 1.25 bits per heavy atom. The molecule has 1 amide bonds. The molecule has 1 aliphatic heterocycles. The fourth-order valence-electron chi connectivity index (χ4n) is 3.34. The molecule has 0 aromatic rings. The Kier molecular flexibility index (Phi) is 5.81. The fraction of sp³-hybridized carbons (Fsp3) is 0.933. The third-order valence-corrected chi connectivity index (χ3v) is 4.59. The zero-order valence-electron chi connectivity index (χ0n) is 12.4. The molecular formula is C15H28N2O3. The van der Waals surface area contributed by atoms with Crippen LogP contribution in [0.2, 0.25) is 0 Å². The van der Waals surface area contributed by atoms with Gasteiger partial charge in [-0.3, -0.25) is 4.79 Å². The molecule has 1 aliphatic carbocycles. The highest BCUT2D eigenvalue weighted by atomic mass is 16.5. The van der Waals surface area contributed by atoms with E-state index in [1.807, 2.05) is 4.90 Å². The van der Waals surface area contributed by atoms with Crippen molar-refractivity contribution in [2.24, 2.45) is 5.73 Å². The summed E-state index contributed by atoms with van der Waals surface area (Å²) < 4.78 is 5.52. The molecule has 0 aromatic heterocycles. The lowest BCUT2D eigenvalue weighted by molar-refractivity contribution is -0.135. The molecule has 0 radical (unpaired) electrons. The lowest BCUT2D eigenvalue weighted by Gasteiger charge is -2.37. The largest absolute Gasteiger partial charge is 0.394 e. The van der Waals surface area contributed by atoms with Gasteiger partial charge in [0.2, 0.25) is 5.91 Å². The van der Waals surface area contributed by atoms with Crippen LogP contribution in [0, 0.1) is 0 Å². The van der Waals surface area contributed by atoms with Gasteiger partial charge in [-0.2, -0.15) is 0 Å². The first-order chi connectivity index (χ1) is 9.63. The Hall–Kier alpha value is -0.650. The lowest BCUT2D eigenvalue weighted by Crippen LogP contribution is -2.49. The molecule has 0 aromatic carbocycles. The minimum absolute atomic E-state index is 0.0643. The number of aliphatic hydroxyl groups is 1.